The second-order valence-corrected chi connectivity index (χ2v) is 6.02. The van der Waals surface area contributed by atoms with E-state index in [1.807, 2.05) is 18.4 Å². The first-order valence-corrected chi connectivity index (χ1v) is 8.05. The number of hydrogen-bond acceptors (Lipinski definition) is 3. The number of hydrogen-bond donors (Lipinski definition) is 1. The van der Waals surface area contributed by atoms with Crippen molar-refractivity contribution in [1.29, 1.82) is 0 Å². The molecule has 0 bridgehead atoms. The Labute approximate surface area is 131 Å². The fourth-order valence-electron chi connectivity index (χ4n) is 2.30. The number of aromatic nitrogens is 2. The molecule has 21 heavy (non-hydrogen) atoms. The number of aliphatic carboxylic acids is 1. The summed E-state index contributed by atoms with van der Waals surface area (Å²) in [5.74, 6) is -1.49. The van der Waals surface area contributed by atoms with Crippen molar-refractivity contribution in [3.63, 3.8) is 0 Å². The minimum Gasteiger partial charge on any atom is -0.481 e. The zero-order chi connectivity index (χ0) is 15.6. The average Bonchev–Trinajstić information content (AvgIpc) is 2.77. The van der Waals surface area contributed by atoms with E-state index in [1.165, 1.54) is 12.1 Å². The van der Waals surface area contributed by atoms with Crippen LogP contribution in [0.5, 0.6) is 0 Å². The van der Waals surface area contributed by atoms with Crippen molar-refractivity contribution in [1.82, 2.24) is 9.55 Å². The van der Waals surface area contributed by atoms with Crippen LogP contribution in [0.1, 0.15) is 32.7 Å². The van der Waals surface area contributed by atoms with Crippen LogP contribution in [0.2, 0.25) is 5.02 Å². The fourth-order valence-corrected chi connectivity index (χ4v) is 3.26. The summed E-state index contributed by atoms with van der Waals surface area (Å²) < 4.78 is 15.7. The van der Waals surface area contributed by atoms with Gasteiger partial charge < -0.3 is 9.67 Å². The van der Waals surface area contributed by atoms with Crippen molar-refractivity contribution in [2.24, 2.45) is 0 Å². The van der Waals surface area contributed by atoms with Crippen LogP contribution in [0, 0.1) is 5.82 Å². The highest BCUT2D eigenvalue weighted by Crippen LogP contribution is 2.32. The number of carboxylic acid groups (broad SMARTS) is 1. The van der Waals surface area contributed by atoms with E-state index in [-0.39, 0.29) is 16.8 Å². The molecule has 0 aliphatic carbocycles. The van der Waals surface area contributed by atoms with E-state index in [1.54, 1.807) is 0 Å². The highest BCUT2D eigenvalue weighted by molar-refractivity contribution is 7.99. The first kappa shape index (κ1) is 16.1. The Morgan fingerprint density at radius 3 is 2.71 bits per heavy atom. The molecular weight excluding hydrogens is 315 g/mol. The van der Waals surface area contributed by atoms with Gasteiger partial charge in [-0.25, -0.2) is 9.37 Å². The minimum absolute atomic E-state index is 0.0199. The van der Waals surface area contributed by atoms with E-state index >= 15 is 0 Å². The highest BCUT2D eigenvalue weighted by Gasteiger charge is 2.19. The van der Waals surface area contributed by atoms with E-state index in [4.69, 9.17) is 16.7 Å². The van der Waals surface area contributed by atoms with Gasteiger partial charge in [0.1, 0.15) is 5.82 Å². The Balaban J connectivity index is 2.59. The van der Waals surface area contributed by atoms with Crippen LogP contribution in [-0.4, -0.2) is 26.4 Å². The highest BCUT2D eigenvalue weighted by atomic mass is 35.5. The molecule has 1 heterocycles. The van der Waals surface area contributed by atoms with Gasteiger partial charge in [0.2, 0.25) is 0 Å². The van der Waals surface area contributed by atoms with Crippen molar-refractivity contribution >= 4 is 40.4 Å². The summed E-state index contributed by atoms with van der Waals surface area (Å²) in [7, 11) is 0. The lowest BCUT2D eigenvalue weighted by Gasteiger charge is -2.18. The van der Waals surface area contributed by atoms with Crippen molar-refractivity contribution in [2.75, 3.05) is 5.75 Å². The third-order valence-corrected chi connectivity index (χ3v) is 4.56. The monoisotopic (exact) mass is 330 g/mol. The molecule has 1 aromatic carbocycles. The normalized spacial score (nSPS) is 11.5. The number of imidazole rings is 1. The molecule has 0 amide bonds. The van der Waals surface area contributed by atoms with Gasteiger partial charge >= 0.3 is 5.97 Å². The summed E-state index contributed by atoms with van der Waals surface area (Å²) in [5.41, 5.74) is 1.24. The summed E-state index contributed by atoms with van der Waals surface area (Å²) in [6, 6.07) is 3.00. The van der Waals surface area contributed by atoms with E-state index in [0.29, 0.717) is 16.2 Å². The Bertz CT molecular complexity index is 671. The average molecular weight is 331 g/mol. The molecule has 0 spiro atoms. The van der Waals surface area contributed by atoms with Crippen LogP contribution in [0.15, 0.2) is 17.3 Å². The number of nitrogens with zero attached hydrogens (tertiary/aromatic N) is 2. The van der Waals surface area contributed by atoms with Gasteiger partial charge in [-0.2, -0.15) is 0 Å². The number of thioether (sulfide) groups is 1. The number of rotatable bonds is 6. The predicted molar refractivity (Wildman–Crippen MR) is 82.7 cm³/mol. The Morgan fingerprint density at radius 1 is 1.48 bits per heavy atom. The van der Waals surface area contributed by atoms with Crippen LogP contribution in [-0.2, 0) is 4.79 Å². The molecule has 0 saturated carbocycles. The first-order valence-electron chi connectivity index (χ1n) is 6.69. The molecule has 1 N–H and O–H groups in total. The molecule has 1 aromatic heterocycles. The Kier molecular flexibility index (Phi) is 5.11. The SMILES string of the molecule is CCC(CC)n1c(SCC(=O)O)nc2cc(Cl)c(F)cc21. The molecule has 2 rings (SSSR count). The fraction of sp³-hybridized carbons (Fsp3) is 0.429. The van der Waals surface area contributed by atoms with Gasteiger partial charge in [-0.1, -0.05) is 37.2 Å². The molecular formula is C14H16ClFN2O2S. The van der Waals surface area contributed by atoms with E-state index in [0.717, 1.165) is 24.6 Å². The van der Waals surface area contributed by atoms with Gasteiger partial charge in [0.25, 0.3) is 0 Å². The molecule has 0 atom stereocenters. The van der Waals surface area contributed by atoms with Crippen molar-refractivity contribution in [3.05, 3.63) is 23.0 Å². The van der Waals surface area contributed by atoms with Crippen molar-refractivity contribution in [3.8, 4) is 0 Å². The van der Waals surface area contributed by atoms with Crippen LogP contribution in [0.25, 0.3) is 11.0 Å². The zero-order valence-corrected chi connectivity index (χ0v) is 13.3. The van der Waals surface area contributed by atoms with Crippen LogP contribution < -0.4 is 0 Å². The number of carboxylic acids is 1. The third kappa shape index (κ3) is 3.32. The zero-order valence-electron chi connectivity index (χ0n) is 11.8. The van der Waals surface area contributed by atoms with Crippen molar-refractivity contribution < 1.29 is 14.3 Å². The van der Waals surface area contributed by atoms with Crippen LogP contribution >= 0.6 is 23.4 Å². The lowest BCUT2D eigenvalue weighted by molar-refractivity contribution is -0.133. The van der Waals surface area contributed by atoms with E-state index in [9.17, 15) is 9.18 Å². The maximum atomic E-state index is 13.7. The summed E-state index contributed by atoms with van der Waals surface area (Å²) in [6.45, 7) is 4.08. The second-order valence-electron chi connectivity index (χ2n) is 4.67. The van der Waals surface area contributed by atoms with Gasteiger partial charge in [0.05, 0.1) is 21.8 Å². The lowest BCUT2D eigenvalue weighted by atomic mass is 10.1. The van der Waals surface area contributed by atoms with Gasteiger partial charge in [-0.3, -0.25) is 4.79 Å². The number of halogens is 2. The predicted octanol–water partition coefficient (Wildman–Crippen LogP) is 4.37. The molecule has 0 aliphatic rings. The number of fused-ring (bicyclic) bond motifs is 1. The number of benzene rings is 1. The topological polar surface area (TPSA) is 55.1 Å². The molecule has 0 fully saturated rings. The quantitative estimate of drug-likeness (QED) is 0.799. The molecule has 0 unspecified atom stereocenters. The minimum atomic E-state index is -0.910. The summed E-state index contributed by atoms with van der Waals surface area (Å²) in [4.78, 5) is 15.2. The van der Waals surface area contributed by atoms with Gasteiger partial charge in [0.15, 0.2) is 5.16 Å². The van der Waals surface area contributed by atoms with Crippen LogP contribution in [0.3, 0.4) is 0 Å². The van der Waals surface area contributed by atoms with Gasteiger partial charge in [-0.05, 0) is 18.9 Å². The molecule has 0 saturated heterocycles. The largest absolute Gasteiger partial charge is 0.481 e. The first-order chi connectivity index (χ1) is 9.97. The standard InChI is InChI=1S/C14H16ClFN2O2S/c1-3-8(4-2)18-12-6-10(16)9(15)5-11(12)17-14(18)21-7-13(19)20/h5-6,8H,3-4,7H2,1-2H3,(H,19,20). The third-order valence-electron chi connectivity index (χ3n) is 3.33. The molecule has 7 heteroatoms. The van der Waals surface area contributed by atoms with Crippen molar-refractivity contribution in [2.45, 2.75) is 37.9 Å². The smallest absolute Gasteiger partial charge is 0.313 e. The summed E-state index contributed by atoms with van der Waals surface area (Å²) in [6.07, 6.45) is 1.71. The second kappa shape index (κ2) is 6.66. The molecule has 4 nitrogen and oxygen atoms in total. The maximum Gasteiger partial charge on any atom is 0.313 e. The molecule has 114 valence electrons. The summed E-state index contributed by atoms with van der Waals surface area (Å²) >= 11 is 6.94. The van der Waals surface area contributed by atoms with Gasteiger partial charge in [-0.15, -0.1) is 0 Å². The Morgan fingerprint density at radius 2 is 2.14 bits per heavy atom. The van der Waals surface area contributed by atoms with Crippen LogP contribution in [0.4, 0.5) is 4.39 Å². The van der Waals surface area contributed by atoms with E-state index in [2.05, 4.69) is 4.98 Å². The summed E-state index contributed by atoms with van der Waals surface area (Å²) in [5, 5.41) is 9.45. The molecule has 0 radical (unpaired) electrons. The molecule has 0 aliphatic heterocycles. The van der Waals surface area contributed by atoms with E-state index < -0.39 is 11.8 Å². The lowest BCUT2D eigenvalue weighted by Crippen LogP contribution is -2.09. The molecule has 2 aromatic rings. The van der Waals surface area contributed by atoms with Gasteiger partial charge in [0, 0.05) is 12.1 Å². The number of carbonyl (C=O) groups is 1. The Hall–Kier alpha value is -1.27. The maximum absolute atomic E-state index is 13.7.